The van der Waals surface area contributed by atoms with E-state index in [0.29, 0.717) is 5.56 Å². The predicted octanol–water partition coefficient (Wildman–Crippen LogP) is 1.08. The summed E-state index contributed by atoms with van der Waals surface area (Å²) in [5.41, 5.74) is 3.03. The van der Waals surface area contributed by atoms with Gasteiger partial charge in [0.15, 0.2) is 0 Å². The maximum atomic E-state index is 12.7. The maximum absolute atomic E-state index is 12.7. The van der Waals surface area contributed by atoms with E-state index in [-0.39, 0.29) is 4.90 Å². The van der Waals surface area contributed by atoms with Gasteiger partial charge in [-0.1, -0.05) is 12.1 Å². The molecule has 2 heterocycles. The standard InChI is InChI=1S/C18H21N3O5S/c22-18(19-23)6-3-16-7-8-21(14-16)27(24,25)17-4-1-15(2-5-17)13-20-9-11-26-12-10-20/h1-8,14,23H,9-13H2,(H,19,22). The number of carbonyl (C=O) groups excluding carboxylic acids is 1. The van der Waals surface area contributed by atoms with E-state index < -0.39 is 15.9 Å². The number of rotatable bonds is 6. The van der Waals surface area contributed by atoms with Crippen molar-refractivity contribution in [2.24, 2.45) is 0 Å². The number of hydrogen-bond acceptors (Lipinski definition) is 6. The Morgan fingerprint density at radius 1 is 1.19 bits per heavy atom. The summed E-state index contributed by atoms with van der Waals surface area (Å²) in [5, 5.41) is 8.46. The van der Waals surface area contributed by atoms with Crippen LogP contribution in [0.15, 0.2) is 53.7 Å². The lowest BCUT2D eigenvalue weighted by atomic mass is 10.2. The topological polar surface area (TPSA) is 101 Å². The van der Waals surface area contributed by atoms with Crippen molar-refractivity contribution in [1.29, 1.82) is 0 Å². The molecule has 0 spiro atoms. The molecule has 0 unspecified atom stereocenters. The second-order valence-corrected chi connectivity index (χ2v) is 7.96. The molecule has 2 N–H and O–H groups in total. The molecule has 27 heavy (non-hydrogen) atoms. The zero-order valence-electron chi connectivity index (χ0n) is 14.6. The normalized spacial score (nSPS) is 15.9. The third kappa shape index (κ3) is 4.83. The van der Waals surface area contributed by atoms with E-state index in [0.717, 1.165) is 48.5 Å². The molecular formula is C18H21N3O5S. The number of hydroxylamine groups is 1. The van der Waals surface area contributed by atoms with Crippen LogP contribution < -0.4 is 5.48 Å². The first-order valence-electron chi connectivity index (χ1n) is 8.44. The molecule has 1 amide bonds. The number of carbonyl (C=O) groups is 1. The smallest absolute Gasteiger partial charge is 0.267 e. The second-order valence-electron chi connectivity index (χ2n) is 6.12. The number of benzene rings is 1. The van der Waals surface area contributed by atoms with Gasteiger partial charge in [-0.25, -0.2) is 17.9 Å². The Labute approximate surface area is 157 Å². The zero-order chi connectivity index (χ0) is 19.3. The van der Waals surface area contributed by atoms with Crippen LogP contribution in [0, 0.1) is 0 Å². The molecular weight excluding hydrogens is 370 g/mol. The summed E-state index contributed by atoms with van der Waals surface area (Å²) in [6.45, 7) is 3.94. The SMILES string of the molecule is O=C(C=Cc1ccn(S(=O)(=O)c2ccc(CN3CCOCC3)cc2)c1)NO. The van der Waals surface area contributed by atoms with Crippen molar-refractivity contribution in [2.45, 2.75) is 11.4 Å². The highest BCUT2D eigenvalue weighted by Gasteiger charge is 2.17. The fraction of sp³-hybridized carbons (Fsp3) is 0.278. The fourth-order valence-electron chi connectivity index (χ4n) is 2.76. The molecule has 0 aliphatic carbocycles. The highest BCUT2D eigenvalue weighted by molar-refractivity contribution is 7.90. The zero-order valence-corrected chi connectivity index (χ0v) is 15.4. The number of ether oxygens (including phenoxy) is 1. The third-order valence-electron chi connectivity index (χ3n) is 4.24. The van der Waals surface area contributed by atoms with Crippen LogP contribution in [-0.2, 0) is 26.1 Å². The van der Waals surface area contributed by atoms with Gasteiger partial charge in [0.05, 0.1) is 18.1 Å². The van der Waals surface area contributed by atoms with E-state index in [1.54, 1.807) is 18.2 Å². The van der Waals surface area contributed by atoms with E-state index in [1.807, 2.05) is 12.1 Å². The Morgan fingerprint density at radius 3 is 2.56 bits per heavy atom. The lowest BCUT2D eigenvalue weighted by Crippen LogP contribution is -2.35. The maximum Gasteiger partial charge on any atom is 0.267 e. The highest BCUT2D eigenvalue weighted by atomic mass is 32.2. The van der Waals surface area contributed by atoms with Crippen LogP contribution in [0.2, 0.25) is 0 Å². The molecule has 0 atom stereocenters. The minimum Gasteiger partial charge on any atom is -0.379 e. The third-order valence-corrected chi connectivity index (χ3v) is 5.89. The van der Waals surface area contributed by atoms with Crippen molar-refractivity contribution in [3.8, 4) is 0 Å². The average molecular weight is 391 g/mol. The van der Waals surface area contributed by atoms with Gasteiger partial charge in [-0.05, 0) is 35.4 Å². The van der Waals surface area contributed by atoms with Crippen molar-refractivity contribution >= 4 is 22.0 Å². The largest absolute Gasteiger partial charge is 0.379 e. The summed E-state index contributed by atoms with van der Waals surface area (Å²) < 4.78 is 31.9. The first kappa shape index (κ1) is 19.3. The highest BCUT2D eigenvalue weighted by Crippen LogP contribution is 2.17. The minimum atomic E-state index is -3.71. The van der Waals surface area contributed by atoms with E-state index in [9.17, 15) is 13.2 Å². The van der Waals surface area contributed by atoms with Gasteiger partial charge < -0.3 is 4.74 Å². The molecule has 8 nitrogen and oxygen atoms in total. The molecule has 1 fully saturated rings. The Morgan fingerprint density at radius 2 is 1.89 bits per heavy atom. The molecule has 0 bridgehead atoms. The molecule has 1 aromatic carbocycles. The van der Waals surface area contributed by atoms with Gasteiger partial charge in [0.25, 0.3) is 15.9 Å². The Kier molecular flexibility index (Phi) is 6.07. The van der Waals surface area contributed by atoms with Gasteiger partial charge in [0.1, 0.15) is 0 Å². The molecule has 144 valence electrons. The number of amides is 1. The number of hydrogen-bond donors (Lipinski definition) is 2. The van der Waals surface area contributed by atoms with Crippen LogP contribution in [0.4, 0.5) is 0 Å². The minimum absolute atomic E-state index is 0.187. The van der Waals surface area contributed by atoms with Crippen LogP contribution >= 0.6 is 0 Å². The summed E-state index contributed by atoms with van der Waals surface area (Å²) in [6, 6.07) is 8.39. The second kappa shape index (κ2) is 8.49. The van der Waals surface area contributed by atoms with Crippen molar-refractivity contribution < 1.29 is 23.2 Å². The molecule has 2 aromatic rings. The summed E-state index contributed by atoms with van der Waals surface area (Å²) in [5.74, 6) is -0.693. The quantitative estimate of drug-likeness (QED) is 0.434. The number of morpholine rings is 1. The monoisotopic (exact) mass is 391 g/mol. The van der Waals surface area contributed by atoms with Gasteiger partial charge in [-0.3, -0.25) is 14.9 Å². The molecule has 1 aromatic heterocycles. The van der Waals surface area contributed by atoms with Crippen LogP contribution in [0.5, 0.6) is 0 Å². The summed E-state index contributed by atoms with van der Waals surface area (Å²) in [6.07, 6.45) is 5.32. The Hall–Kier alpha value is -2.46. The molecule has 9 heteroatoms. The molecule has 1 aliphatic rings. The summed E-state index contributed by atoms with van der Waals surface area (Å²) >= 11 is 0. The van der Waals surface area contributed by atoms with Crippen molar-refractivity contribution in [1.82, 2.24) is 14.4 Å². The van der Waals surface area contributed by atoms with Gasteiger partial charge >= 0.3 is 0 Å². The number of aromatic nitrogens is 1. The molecule has 0 saturated carbocycles. The van der Waals surface area contributed by atoms with Gasteiger partial charge in [-0.15, -0.1) is 0 Å². The fourth-order valence-corrected chi connectivity index (χ4v) is 3.96. The van der Waals surface area contributed by atoms with E-state index in [2.05, 4.69) is 4.90 Å². The van der Waals surface area contributed by atoms with Crippen LogP contribution in [-0.4, -0.2) is 54.7 Å². The predicted molar refractivity (Wildman–Crippen MR) is 98.5 cm³/mol. The first-order chi connectivity index (χ1) is 13.0. The van der Waals surface area contributed by atoms with E-state index >= 15 is 0 Å². The van der Waals surface area contributed by atoms with Crippen molar-refractivity contribution in [3.05, 3.63) is 59.9 Å². The molecule has 0 radical (unpaired) electrons. The summed E-state index contributed by atoms with van der Waals surface area (Å²) in [7, 11) is -3.71. The molecule has 1 saturated heterocycles. The number of nitrogens with one attached hydrogen (secondary N) is 1. The van der Waals surface area contributed by atoms with Gasteiger partial charge in [-0.2, -0.15) is 0 Å². The number of nitrogens with zero attached hydrogens (tertiary/aromatic N) is 2. The van der Waals surface area contributed by atoms with Crippen LogP contribution in [0.3, 0.4) is 0 Å². The summed E-state index contributed by atoms with van der Waals surface area (Å²) in [4.78, 5) is 13.5. The van der Waals surface area contributed by atoms with E-state index in [4.69, 9.17) is 9.94 Å². The Bertz CT molecular complexity index is 913. The lowest BCUT2D eigenvalue weighted by Gasteiger charge is -2.26. The van der Waals surface area contributed by atoms with Gasteiger partial charge in [0, 0.05) is 38.1 Å². The molecule has 1 aliphatic heterocycles. The van der Waals surface area contributed by atoms with Crippen LogP contribution in [0.1, 0.15) is 11.1 Å². The first-order valence-corrected chi connectivity index (χ1v) is 9.88. The van der Waals surface area contributed by atoms with Crippen LogP contribution in [0.25, 0.3) is 6.08 Å². The van der Waals surface area contributed by atoms with E-state index in [1.165, 1.54) is 23.9 Å². The Balaban J connectivity index is 1.72. The van der Waals surface area contributed by atoms with Crippen molar-refractivity contribution in [3.63, 3.8) is 0 Å². The van der Waals surface area contributed by atoms with Gasteiger partial charge in [0.2, 0.25) is 0 Å². The molecule has 3 rings (SSSR count). The lowest BCUT2D eigenvalue weighted by molar-refractivity contribution is -0.124. The van der Waals surface area contributed by atoms with Crippen molar-refractivity contribution in [2.75, 3.05) is 26.3 Å². The average Bonchev–Trinajstić information content (AvgIpc) is 3.17.